The Kier molecular flexibility index (Phi) is 6.85. The van der Waals surface area contributed by atoms with Gasteiger partial charge in [-0.25, -0.2) is 4.98 Å². The van der Waals surface area contributed by atoms with Crippen molar-refractivity contribution in [3.05, 3.63) is 86.8 Å². The molecule has 0 spiro atoms. The number of aromatic nitrogens is 1. The highest BCUT2D eigenvalue weighted by atomic mass is 35.5. The van der Waals surface area contributed by atoms with Gasteiger partial charge in [-0.2, -0.15) is 0 Å². The average Bonchev–Trinajstić information content (AvgIpc) is 3.12. The number of likely N-dealkylation sites (N-methyl/N-ethyl adjacent to an activating group) is 1. The van der Waals surface area contributed by atoms with E-state index in [1.54, 1.807) is 35.4 Å². The Morgan fingerprint density at radius 3 is 2.82 bits per heavy atom. The van der Waals surface area contributed by atoms with E-state index >= 15 is 0 Å². The Morgan fingerprint density at radius 1 is 1.25 bits per heavy atom. The zero-order valence-corrected chi connectivity index (χ0v) is 17.3. The summed E-state index contributed by atoms with van der Waals surface area (Å²) in [6.45, 7) is 2.86. The van der Waals surface area contributed by atoms with Crippen LogP contribution in [0.1, 0.15) is 21.8 Å². The van der Waals surface area contributed by atoms with Gasteiger partial charge in [-0.15, -0.1) is 11.3 Å². The Hall–Kier alpha value is -2.63. The summed E-state index contributed by atoms with van der Waals surface area (Å²) < 4.78 is 5.79. The molecule has 0 fully saturated rings. The summed E-state index contributed by atoms with van der Waals surface area (Å²) in [4.78, 5) is 18.4. The molecule has 144 valence electrons. The summed E-state index contributed by atoms with van der Waals surface area (Å²) in [5.41, 5.74) is 2.73. The van der Waals surface area contributed by atoms with E-state index in [0.29, 0.717) is 18.2 Å². The minimum Gasteiger partial charge on any atom is -0.487 e. The number of hydrogen-bond acceptors (Lipinski definition) is 4. The fourth-order valence-electron chi connectivity index (χ4n) is 2.59. The molecule has 0 aliphatic rings. The Labute approximate surface area is 174 Å². The van der Waals surface area contributed by atoms with Gasteiger partial charge < -0.3 is 9.64 Å². The predicted octanol–water partition coefficient (Wildman–Crippen LogP) is 5.36. The second kappa shape index (κ2) is 9.53. The largest absolute Gasteiger partial charge is 0.487 e. The van der Waals surface area contributed by atoms with Gasteiger partial charge in [-0.1, -0.05) is 41.9 Å². The molecule has 0 aliphatic carbocycles. The molecule has 0 unspecified atom stereocenters. The lowest BCUT2D eigenvalue weighted by atomic mass is 10.2. The maximum atomic E-state index is 12.4. The first-order valence-electron chi connectivity index (χ1n) is 8.82. The molecule has 1 amide bonds. The van der Waals surface area contributed by atoms with Crippen LogP contribution in [0.2, 0.25) is 5.02 Å². The number of carbonyl (C=O) groups excluding carboxylic acids is 1. The molecule has 0 radical (unpaired) electrons. The van der Waals surface area contributed by atoms with Gasteiger partial charge in [0.2, 0.25) is 5.91 Å². The number of ether oxygens (including phenoxy) is 1. The summed E-state index contributed by atoms with van der Waals surface area (Å²) in [7, 11) is 1.76. The number of thiazole rings is 1. The van der Waals surface area contributed by atoms with Crippen LogP contribution in [-0.2, 0) is 17.9 Å². The normalized spacial score (nSPS) is 11.0. The average molecular weight is 413 g/mol. The highest BCUT2D eigenvalue weighted by molar-refractivity contribution is 7.09. The van der Waals surface area contributed by atoms with Crippen molar-refractivity contribution in [1.29, 1.82) is 0 Å². The number of nitrogens with zero attached hydrogens (tertiary/aromatic N) is 2. The minimum atomic E-state index is -0.0933. The van der Waals surface area contributed by atoms with Crippen molar-refractivity contribution in [2.75, 3.05) is 7.05 Å². The standard InChI is InChI=1S/C22H21ClN2O2S/c1-16-24-19(15-28-16)14-27-20-8-5-6-17(12-20)10-11-22(26)25(2)13-18-7-3-4-9-21(18)23/h3-12,15H,13-14H2,1-2H3/b11-10+. The lowest BCUT2D eigenvalue weighted by Crippen LogP contribution is -2.24. The Balaban J connectivity index is 1.58. The molecule has 0 atom stereocenters. The number of halogens is 1. The summed E-state index contributed by atoms with van der Waals surface area (Å²) in [5, 5.41) is 3.67. The van der Waals surface area contributed by atoms with Crippen molar-refractivity contribution in [3.63, 3.8) is 0 Å². The molecule has 0 aliphatic heterocycles. The fraction of sp³-hybridized carbons (Fsp3) is 0.182. The molecule has 0 N–H and O–H groups in total. The van der Waals surface area contributed by atoms with E-state index in [2.05, 4.69) is 4.98 Å². The summed E-state index contributed by atoms with van der Waals surface area (Å²) >= 11 is 7.77. The fourth-order valence-corrected chi connectivity index (χ4v) is 3.39. The zero-order valence-electron chi connectivity index (χ0n) is 15.8. The second-order valence-electron chi connectivity index (χ2n) is 6.34. The topological polar surface area (TPSA) is 42.4 Å². The van der Waals surface area contributed by atoms with Crippen LogP contribution in [0.15, 0.2) is 60.0 Å². The molecule has 0 saturated carbocycles. The van der Waals surface area contributed by atoms with Crippen LogP contribution in [-0.4, -0.2) is 22.8 Å². The van der Waals surface area contributed by atoms with E-state index in [0.717, 1.165) is 27.6 Å². The first-order chi connectivity index (χ1) is 13.5. The van der Waals surface area contributed by atoms with Crippen LogP contribution in [0.25, 0.3) is 6.08 Å². The number of carbonyl (C=O) groups is 1. The van der Waals surface area contributed by atoms with Crippen LogP contribution in [0, 0.1) is 6.92 Å². The molecule has 1 heterocycles. The third-order valence-electron chi connectivity index (χ3n) is 4.07. The maximum absolute atomic E-state index is 12.4. The lowest BCUT2D eigenvalue weighted by molar-refractivity contribution is -0.125. The van der Waals surface area contributed by atoms with Gasteiger partial charge in [0.1, 0.15) is 12.4 Å². The summed E-state index contributed by atoms with van der Waals surface area (Å²) in [5.74, 6) is 0.647. The smallest absolute Gasteiger partial charge is 0.246 e. The third-order valence-corrected chi connectivity index (χ3v) is 5.26. The molecule has 2 aromatic carbocycles. The molecule has 0 bridgehead atoms. The quantitative estimate of drug-likeness (QED) is 0.491. The molecule has 3 rings (SSSR count). The van der Waals surface area contributed by atoms with Gasteiger partial charge in [-0.05, 0) is 42.3 Å². The molecular formula is C22H21ClN2O2S. The van der Waals surface area contributed by atoms with Crippen molar-refractivity contribution in [3.8, 4) is 5.75 Å². The molecule has 0 saturated heterocycles. The van der Waals surface area contributed by atoms with Gasteiger partial charge in [-0.3, -0.25) is 4.79 Å². The van der Waals surface area contributed by atoms with Crippen molar-refractivity contribution in [2.24, 2.45) is 0 Å². The molecule has 1 aromatic heterocycles. The molecule has 28 heavy (non-hydrogen) atoms. The van der Waals surface area contributed by atoms with Crippen molar-refractivity contribution >= 4 is 34.9 Å². The van der Waals surface area contributed by atoms with Crippen molar-refractivity contribution in [2.45, 2.75) is 20.1 Å². The van der Waals surface area contributed by atoms with Gasteiger partial charge in [0.15, 0.2) is 0 Å². The third kappa shape index (κ3) is 5.68. The Morgan fingerprint density at radius 2 is 2.07 bits per heavy atom. The van der Waals surface area contributed by atoms with Crippen LogP contribution < -0.4 is 4.74 Å². The molecule has 6 heteroatoms. The zero-order chi connectivity index (χ0) is 19.9. The van der Waals surface area contributed by atoms with Crippen LogP contribution in [0.3, 0.4) is 0 Å². The van der Waals surface area contributed by atoms with Crippen molar-refractivity contribution < 1.29 is 9.53 Å². The Bertz CT molecular complexity index is 984. The molecular weight excluding hydrogens is 392 g/mol. The van der Waals surface area contributed by atoms with Crippen LogP contribution in [0.5, 0.6) is 5.75 Å². The SMILES string of the molecule is Cc1nc(COc2cccc(/C=C/C(=O)N(C)Cc3ccccc3Cl)c2)cs1. The monoisotopic (exact) mass is 412 g/mol. The molecule has 4 nitrogen and oxygen atoms in total. The highest BCUT2D eigenvalue weighted by Crippen LogP contribution is 2.18. The minimum absolute atomic E-state index is 0.0933. The maximum Gasteiger partial charge on any atom is 0.246 e. The number of benzene rings is 2. The van der Waals surface area contributed by atoms with E-state index < -0.39 is 0 Å². The predicted molar refractivity (Wildman–Crippen MR) is 115 cm³/mol. The van der Waals surface area contributed by atoms with Crippen LogP contribution >= 0.6 is 22.9 Å². The van der Waals surface area contributed by atoms with E-state index in [4.69, 9.17) is 16.3 Å². The summed E-state index contributed by atoms with van der Waals surface area (Å²) in [6, 6.07) is 15.1. The first-order valence-corrected chi connectivity index (χ1v) is 10.1. The number of aryl methyl sites for hydroxylation is 1. The van der Waals surface area contributed by atoms with Crippen LogP contribution in [0.4, 0.5) is 0 Å². The molecule has 3 aromatic rings. The van der Waals surface area contributed by atoms with Gasteiger partial charge in [0.05, 0.1) is 10.7 Å². The lowest BCUT2D eigenvalue weighted by Gasteiger charge is -2.16. The highest BCUT2D eigenvalue weighted by Gasteiger charge is 2.08. The first kappa shape index (κ1) is 20.1. The van der Waals surface area contributed by atoms with E-state index in [1.165, 1.54) is 0 Å². The van der Waals surface area contributed by atoms with E-state index in [9.17, 15) is 4.79 Å². The van der Waals surface area contributed by atoms with E-state index in [-0.39, 0.29) is 5.91 Å². The van der Waals surface area contributed by atoms with Gasteiger partial charge >= 0.3 is 0 Å². The van der Waals surface area contributed by atoms with Gasteiger partial charge in [0.25, 0.3) is 0 Å². The summed E-state index contributed by atoms with van der Waals surface area (Å²) in [6.07, 6.45) is 3.34. The number of hydrogen-bond donors (Lipinski definition) is 0. The number of rotatable bonds is 7. The number of amides is 1. The van der Waals surface area contributed by atoms with Crippen molar-refractivity contribution in [1.82, 2.24) is 9.88 Å². The van der Waals surface area contributed by atoms with Gasteiger partial charge in [0, 0.05) is 30.1 Å². The second-order valence-corrected chi connectivity index (χ2v) is 7.81. The van der Waals surface area contributed by atoms with E-state index in [1.807, 2.05) is 60.8 Å².